The first-order chi connectivity index (χ1) is 14.6. The van der Waals surface area contributed by atoms with E-state index in [1.165, 1.54) is 11.1 Å². The molecule has 1 unspecified atom stereocenters. The van der Waals surface area contributed by atoms with Crippen LogP contribution < -0.4 is 16.0 Å². The Morgan fingerprint density at radius 1 is 1.07 bits per heavy atom. The summed E-state index contributed by atoms with van der Waals surface area (Å²) in [5, 5.41) is 11.6. The molecule has 1 aliphatic rings. The fraction of sp³-hybridized carbons (Fsp3) is 0.458. The van der Waals surface area contributed by atoms with E-state index in [9.17, 15) is 0 Å². The first-order valence-electron chi connectivity index (χ1n) is 10.7. The Morgan fingerprint density at radius 3 is 2.43 bits per heavy atom. The zero-order chi connectivity index (χ0) is 21.2. The molecule has 162 valence electrons. The molecule has 0 saturated carbocycles. The maximum atomic E-state index is 5.96. The second-order valence-corrected chi connectivity index (χ2v) is 8.33. The van der Waals surface area contributed by atoms with Crippen LogP contribution in [0.1, 0.15) is 36.9 Å². The van der Waals surface area contributed by atoms with E-state index >= 15 is 0 Å². The van der Waals surface area contributed by atoms with Crippen LogP contribution in [-0.2, 0) is 11.2 Å². The van der Waals surface area contributed by atoms with Gasteiger partial charge < -0.3 is 20.7 Å². The lowest BCUT2D eigenvalue weighted by molar-refractivity contribution is 0.0355. The summed E-state index contributed by atoms with van der Waals surface area (Å²) in [6.07, 6.45) is 2.86. The molecule has 1 heterocycles. The Hall–Kier alpha value is -2.08. The second kappa shape index (κ2) is 11.3. The largest absolute Gasteiger partial charge is 0.381 e. The topological polar surface area (TPSA) is 57.7 Å². The maximum Gasteiger partial charge on any atom is 0.191 e. The molecule has 6 heteroatoms. The van der Waals surface area contributed by atoms with Crippen molar-refractivity contribution in [1.29, 1.82) is 0 Å². The van der Waals surface area contributed by atoms with Crippen molar-refractivity contribution in [2.45, 2.75) is 37.8 Å². The number of rotatable bonds is 8. The van der Waals surface area contributed by atoms with E-state index in [1.807, 2.05) is 19.2 Å². The van der Waals surface area contributed by atoms with Crippen LogP contribution in [0.3, 0.4) is 0 Å². The van der Waals surface area contributed by atoms with Gasteiger partial charge in [0.05, 0.1) is 0 Å². The van der Waals surface area contributed by atoms with Crippen LogP contribution in [-0.4, -0.2) is 44.8 Å². The molecule has 1 aliphatic heterocycles. The number of halogens is 1. The number of hydrogen-bond acceptors (Lipinski definition) is 3. The van der Waals surface area contributed by atoms with Crippen LogP contribution in [0, 0.1) is 0 Å². The van der Waals surface area contributed by atoms with Gasteiger partial charge in [0.2, 0.25) is 0 Å². The molecular formula is C24H33ClN4O. The molecule has 1 saturated heterocycles. The van der Waals surface area contributed by atoms with E-state index in [0.29, 0.717) is 0 Å². The minimum atomic E-state index is -0.0265. The van der Waals surface area contributed by atoms with E-state index in [-0.39, 0.29) is 11.6 Å². The lowest BCUT2D eigenvalue weighted by atomic mass is 9.88. The van der Waals surface area contributed by atoms with Crippen molar-refractivity contribution in [2.24, 2.45) is 4.99 Å². The summed E-state index contributed by atoms with van der Waals surface area (Å²) in [5.41, 5.74) is 2.52. The summed E-state index contributed by atoms with van der Waals surface area (Å²) in [6, 6.07) is 18.8. The minimum absolute atomic E-state index is 0.0265. The maximum absolute atomic E-state index is 5.96. The SMILES string of the molecule is CN=C(NCCc1ccc(Cl)cc1)NCC1(NC(C)c2ccccc2)CCOCC1. The van der Waals surface area contributed by atoms with Gasteiger partial charge in [-0.25, -0.2) is 0 Å². The van der Waals surface area contributed by atoms with Crippen molar-refractivity contribution in [3.63, 3.8) is 0 Å². The van der Waals surface area contributed by atoms with Gasteiger partial charge in [0, 0.05) is 50.0 Å². The van der Waals surface area contributed by atoms with Gasteiger partial charge in [0.25, 0.3) is 0 Å². The molecular weight excluding hydrogens is 396 g/mol. The number of ether oxygens (including phenoxy) is 1. The van der Waals surface area contributed by atoms with E-state index < -0.39 is 0 Å². The number of guanidine groups is 1. The van der Waals surface area contributed by atoms with E-state index in [0.717, 1.165) is 56.5 Å². The molecule has 0 bridgehead atoms. The van der Waals surface area contributed by atoms with Crippen LogP contribution in [0.15, 0.2) is 59.6 Å². The first kappa shape index (κ1) is 22.6. The van der Waals surface area contributed by atoms with Gasteiger partial charge >= 0.3 is 0 Å². The van der Waals surface area contributed by atoms with Gasteiger partial charge in [-0.15, -0.1) is 0 Å². The predicted octanol–water partition coefficient (Wildman–Crippen LogP) is 3.95. The highest BCUT2D eigenvalue weighted by molar-refractivity contribution is 6.30. The van der Waals surface area contributed by atoms with Crippen LogP contribution in [0.5, 0.6) is 0 Å². The zero-order valence-corrected chi connectivity index (χ0v) is 18.7. The molecule has 0 aromatic heterocycles. The summed E-state index contributed by atoms with van der Waals surface area (Å²) >= 11 is 5.96. The van der Waals surface area contributed by atoms with Crippen LogP contribution in [0.25, 0.3) is 0 Å². The molecule has 1 atom stereocenters. The number of hydrogen-bond donors (Lipinski definition) is 3. The predicted molar refractivity (Wildman–Crippen MR) is 125 cm³/mol. The first-order valence-corrected chi connectivity index (χ1v) is 11.1. The Balaban J connectivity index is 1.54. The normalized spacial score (nSPS) is 17.4. The number of aliphatic imine (C=N–C) groups is 1. The summed E-state index contributed by atoms with van der Waals surface area (Å²) < 4.78 is 5.64. The average Bonchev–Trinajstić information content (AvgIpc) is 2.78. The van der Waals surface area contributed by atoms with Crippen molar-refractivity contribution >= 4 is 17.6 Å². The summed E-state index contributed by atoms with van der Waals surface area (Å²) in [4.78, 5) is 4.40. The lowest BCUT2D eigenvalue weighted by Crippen LogP contribution is -2.58. The third kappa shape index (κ3) is 6.73. The highest BCUT2D eigenvalue weighted by atomic mass is 35.5. The standard InChI is InChI=1S/C24H33ClN4O/c1-19(21-6-4-3-5-7-21)29-24(13-16-30-17-14-24)18-28-23(26-2)27-15-12-20-8-10-22(25)11-9-20/h3-11,19,29H,12-18H2,1-2H3,(H2,26,27,28). The Kier molecular flexibility index (Phi) is 8.55. The third-order valence-electron chi connectivity index (χ3n) is 5.71. The smallest absolute Gasteiger partial charge is 0.191 e. The fourth-order valence-corrected chi connectivity index (χ4v) is 3.99. The zero-order valence-electron chi connectivity index (χ0n) is 18.0. The quantitative estimate of drug-likeness (QED) is 0.440. The monoisotopic (exact) mass is 428 g/mol. The van der Waals surface area contributed by atoms with Crippen molar-refractivity contribution in [3.05, 3.63) is 70.7 Å². The van der Waals surface area contributed by atoms with Crippen molar-refractivity contribution < 1.29 is 4.74 Å². The average molecular weight is 429 g/mol. The van der Waals surface area contributed by atoms with Crippen LogP contribution >= 0.6 is 11.6 Å². The molecule has 0 radical (unpaired) electrons. The van der Waals surface area contributed by atoms with E-state index in [1.54, 1.807) is 0 Å². The molecule has 30 heavy (non-hydrogen) atoms. The molecule has 5 nitrogen and oxygen atoms in total. The molecule has 3 N–H and O–H groups in total. The minimum Gasteiger partial charge on any atom is -0.381 e. The Labute approximate surface area is 185 Å². The van der Waals surface area contributed by atoms with E-state index in [2.05, 4.69) is 70.3 Å². The molecule has 0 spiro atoms. The summed E-state index contributed by atoms with van der Waals surface area (Å²) in [6.45, 7) is 5.39. The number of benzene rings is 2. The van der Waals surface area contributed by atoms with Crippen LogP contribution in [0.4, 0.5) is 0 Å². The number of nitrogens with zero attached hydrogens (tertiary/aromatic N) is 1. The van der Waals surface area contributed by atoms with Gasteiger partial charge in [0.15, 0.2) is 5.96 Å². The lowest BCUT2D eigenvalue weighted by Gasteiger charge is -2.41. The third-order valence-corrected chi connectivity index (χ3v) is 5.96. The Bertz CT molecular complexity index is 789. The molecule has 0 aliphatic carbocycles. The van der Waals surface area contributed by atoms with E-state index in [4.69, 9.17) is 16.3 Å². The highest BCUT2D eigenvalue weighted by Gasteiger charge is 2.34. The molecule has 3 rings (SSSR count). The van der Waals surface area contributed by atoms with Gasteiger partial charge in [-0.05, 0) is 49.4 Å². The van der Waals surface area contributed by atoms with Gasteiger partial charge in [-0.3, -0.25) is 4.99 Å². The summed E-state index contributed by atoms with van der Waals surface area (Å²) in [7, 11) is 1.81. The molecule has 2 aromatic rings. The van der Waals surface area contributed by atoms with Gasteiger partial charge in [0.1, 0.15) is 0 Å². The van der Waals surface area contributed by atoms with Crippen LogP contribution in [0.2, 0.25) is 5.02 Å². The Morgan fingerprint density at radius 2 is 1.77 bits per heavy atom. The van der Waals surface area contributed by atoms with Crippen molar-refractivity contribution in [1.82, 2.24) is 16.0 Å². The molecule has 2 aromatic carbocycles. The molecule has 1 fully saturated rings. The fourth-order valence-electron chi connectivity index (χ4n) is 3.87. The highest BCUT2D eigenvalue weighted by Crippen LogP contribution is 2.25. The number of nitrogens with one attached hydrogen (secondary N) is 3. The second-order valence-electron chi connectivity index (χ2n) is 7.90. The van der Waals surface area contributed by atoms with Gasteiger partial charge in [-0.1, -0.05) is 54.1 Å². The molecule has 0 amide bonds. The van der Waals surface area contributed by atoms with Crippen molar-refractivity contribution in [3.8, 4) is 0 Å². The summed E-state index contributed by atoms with van der Waals surface area (Å²) in [5.74, 6) is 0.823. The van der Waals surface area contributed by atoms with Crippen molar-refractivity contribution in [2.75, 3.05) is 33.4 Å². The van der Waals surface area contributed by atoms with Gasteiger partial charge in [-0.2, -0.15) is 0 Å².